The second kappa shape index (κ2) is 10.7. The van der Waals surface area contributed by atoms with E-state index in [1.54, 1.807) is 25.6 Å². The lowest BCUT2D eigenvalue weighted by atomic mass is 9.79. The van der Waals surface area contributed by atoms with E-state index in [0.29, 0.717) is 5.75 Å². The lowest BCUT2D eigenvalue weighted by molar-refractivity contribution is -0.139. The summed E-state index contributed by atoms with van der Waals surface area (Å²) in [4.78, 5) is 31.1. The number of hydrogen-bond acceptors (Lipinski definition) is 7. The van der Waals surface area contributed by atoms with Gasteiger partial charge in [-0.3, -0.25) is 0 Å². The van der Waals surface area contributed by atoms with Crippen LogP contribution in [0.25, 0.3) is 22.9 Å². The molecule has 0 atom stereocenters. The van der Waals surface area contributed by atoms with E-state index in [9.17, 15) is 4.79 Å². The van der Waals surface area contributed by atoms with Gasteiger partial charge in [0.25, 0.3) is 0 Å². The lowest BCUT2D eigenvalue weighted by Crippen LogP contribution is -2.42. The monoisotopic (exact) mass is 551 g/mol. The van der Waals surface area contributed by atoms with Crippen LogP contribution in [0.4, 0.5) is 5.82 Å². The van der Waals surface area contributed by atoms with E-state index in [4.69, 9.17) is 24.5 Å². The maximum atomic E-state index is 10.8. The number of methoxy groups -OCH3 is 1. The van der Waals surface area contributed by atoms with Crippen LogP contribution in [0, 0.1) is 6.92 Å². The van der Waals surface area contributed by atoms with E-state index in [0.717, 1.165) is 89.1 Å². The van der Waals surface area contributed by atoms with Crippen molar-refractivity contribution in [1.29, 1.82) is 0 Å². The van der Waals surface area contributed by atoms with Crippen molar-refractivity contribution in [2.24, 2.45) is 0 Å². The molecule has 0 bridgehead atoms. The van der Waals surface area contributed by atoms with E-state index in [-0.39, 0.29) is 12.0 Å². The molecule has 4 aromatic rings. The third-order valence-electron chi connectivity index (χ3n) is 8.18. The largest absolute Gasteiger partial charge is 0.497 e. The summed E-state index contributed by atoms with van der Waals surface area (Å²) in [6.07, 6.45) is 6.47. The summed E-state index contributed by atoms with van der Waals surface area (Å²) in [6.45, 7) is 5.75. The van der Waals surface area contributed by atoms with Gasteiger partial charge in [0, 0.05) is 41.7 Å². The number of benzene rings is 2. The van der Waals surface area contributed by atoms with Crippen molar-refractivity contribution in [2.75, 3.05) is 31.7 Å². The number of nitrogens with one attached hydrogen (secondary N) is 1. The van der Waals surface area contributed by atoms with Gasteiger partial charge >= 0.3 is 5.97 Å². The molecule has 0 amide bonds. The molecule has 1 aliphatic heterocycles. The molecule has 9 heteroatoms. The Morgan fingerprint density at radius 2 is 1.85 bits per heavy atom. The minimum absolute atomic E-state index is 0.0694. The molecule has 0 spiro atoms. The number of anilines is 1. The molecule has 9 nitrogen and oxygen atoms in total. The Labute approximate surface area is 238 Å². The van der Waals surface area contributed by atoms with E-state index in [1.165, 1.54) is 0 Å². The number of piperidine rings is 1. The van der Waals surface area contributed by atoms with Gasteiger partial charge in [-0.15, -0.1) is 0 Å². The molecule has 2 aromatic heterocycles. The van der Waals surface area contributed by atoms with Crippen molar-refractivity contribution in [3.05, 3.63) is 83.2 Å². The summed E-state index contributed by atoms with van der Waals surface area (Å²) >= 11 is 0. The Balaban J connectivity index is 1.18. The number of hydrogen-bond donors (Lipinski definition) is 2. The minimum Gasteiger partial charge on any atom is -0.497 e. The fraction of sp³-hybridized carbons (Fsp3) is 0.312. The Kier molecular flexibility index (Phi) is 6.95. The first-order chi connectivity index (χ1) is 19.8. The van der Waals surface area contributed by atoms with Gasteiger partial charge in [-0.1, -0.05) is 31.2 Å². The number of aromatic amines is 1. The van der Waals surface area contributed by atoms with Gasteiger partial charge in [-0.2, -0.15) is 0 Å². The van der Waals surface area contributed by atoms with Crippen LogP contribution in [0.2, 0.25) is 0 Å². The first-order valence-corrected chi connectivity index (χ1v) is 13.8. The Morgan fingerprint density at radius 3 is 2.59 bits per heavy atom. The highest BCUT2D eigenvalue weighted by atomic mass is 16.5. The molecule has 1 fully saturated rings. The Bertz CT molecular complexity index is 1620. The molecular weight excluding hydrogens is 518 g/mol. The van der Waals surface area contributed by atoms with Gasteiger partial charge in [0.15, 0.2) is 6.61 Å². The summed E-state index contributed by atoms with van der Waals surface area (Å²) in [5.74, 6) is 2.36. The van der Waals surface area contributed by atoms with Gasteiger partial charge in [-0.25, -0.2) is 19.7 Å². The average Bonchev–Trinajstić information content (AvgIpc) is 3.61. The predicted molar refractivity (Wildman–Crippen MR) is 157 cm³/mol. The number of carboxylic acid groups (broad SMARTS) is 1. The highest BCUT2D eigenvalue weighted by Gasteiger charge is 2.36. The van der Waals surface area contributed by atoms with Gasteiger partial charge in [0.2, 0.25) is 0 Å². The minimum atomic E-state index is -0.996. The van der Waals surface area contributed by atoms with Crippen molar-refractivity contribution in [3.63, 3.8) is 0 Å². The number of fused-ring (bicyclic) bond motifs is 1. The molecule has 2 aromatic carbocycles. The maximum absolute atomic E-state index is 10.8. The molecule has 210 valence electrons. The number of carboxylic acids is 1. The third-order valence-corrected chi connectivity index (χ3v) is 8.18. The molecule has 2 N–H and O–H groups in total. The van der Waals surface area contributed by atoms with Gasteiger partial charge < -0.3 is 24.5 Å². The number of imidazole rings is 1. The van der Waals surface area contributed by atoms with Crippen LogP contribution in [0.5, 0.6) is 11.5 Å². The van der Waals surface area contributed by atoms with Crippen molar-refractivity contribution in [2.45, 2.75) is 38.5 Å². The summed E-state index contributed by atoms with van der Waals surface area (Å²) in [5.41, 5.74) is 7.32. The maximum Gasteiger partial charge on any atom is 0.341 e. The van der Waals surface area contributed by atoms with Crippen LogP contribution in [-0.4, -0.2) is 57.8 Å². The molecule has 0 unspecified atom stereocenters. The molecule has 1 aliphatic carbocycles. The van der Waals surface area contributed by atoms with Crippen LogP contribution >= 0.6 is 0 Å². The second-order valence-corrected chi connectivity index (χ2v) is 10.9. The van der Waals surface area contributed by atoms with Crippen LogP contribution in [0.15, 0.2) is 54.9 Å². The van der Waals surface area contributed by atoms with E-state index >= 15 is 0 Å². The highest BCUT2D eigenvalue weighted by Crippen LogP contribution is 2.40. The number of ether oxygens (including phenoxy) is 2. The molecule has 41 heavy (non-hydrogen) atoms. The van der Waals surface area contributed by atoms with Gasteiger partial charge in [0.1, 0.15) is 29.5 Å². The topological polar surface area (TPSA) is 113 Å². The first kappa shape index (κ1) is 26.6. The number of H-pyrrole nitrogens is 1. The first-order valence-electron chi connectivity index (χ1n) is 13.8. The fourth-order valence-electron chi connectivity index (χ4n) is 5.71. The molecule has 2 aliphatic rings. The smallest absolute Gasteiger partial charge is 0.341 e. The highest BCUT2D eigenvalue weighted by molar-refractivity contribution is 5.91. The molecule has 6 rings (SSSR count). The Hall–Kier alpha value is -4.66. The second-order valence-electron chi connectivity index (χ2n) is 10.9. The fourth-order valence-corrected chi connectivity index (χ4v) is 5.71. The molecule has 0 saturated carbocycles. The summed E-state index contributed by atoms with van der Waals surface area (Å²) in [5, 5.41) is 8.83. The van der Waals surface area contributed by atoms with E-state index < -0.39 is 5.97 Å². The number of rotatable bonds is 8. The summed E-state index contributed by atoms with van der Waals surface area (Å²) in [7, 11) is 1.68. The van der Waals surface area contributed by atoms with Crippen molar-refractivity contribution < 1.29 is 19.4 Å². The normalized spacial score (nSPS) is 15.8. The standard InChI is InChI=1S/C32H33N5O4/c1-20-29(22-5-4-6-25(15-22)40-3)36-31(35-20)32(2)11-13-37(14-12-32)30-26-16-23(17-27(26)33-19-34-30)21-7-9-24(10-8-21)41-18-28(38)39/h4-10,15-16,19H,11-14,17-18H2,1-3H3,(H,35,36)(H,38,39). The number of aliphatic carboxylic acids is 1. The number of carbonyl (C=O) groups is 1. The number of aromatic nitrogens is 4. The van der Waals surface area contributed by atoms with Crippen molar-refractivity contribution in [3.8, 4) is 22.8 Å². The van der Waals surface area contributed by atoms with Crippen LogP contribution < -0.4 is 14.4 Å². The molecule has 0 radical (unpaired) electrons. The van der Waals surface area contributed by atoms with Gasteiger partial charge in [-0.05, 0) is 61.2 Å². The van der Waals surface area contributed by atoms with Crippen molar-refractivity contribution >= 4 is 23.4 Å². The van der Waals surface area contributed by atoms with E-state index in [1.807, 2.05) is 30.3 Å². The molecule has 3 heterocycles. The zero-order valence-corrected chi connectivity index (χ0v) is 23.5. The summed E-state index contributed by atoms with van der Waals surface area (Å²) < 4.78 is 10.7. The number of allylic oxidation sites excluding steroid dienone is 1. The molecular formula is C32H33N5O4. The average molecular weight is 552 g/mol. The molecule has 1 saturated heterocycles. The zero-order chi connectivity index (χ0) is 28.6. The lowest BCUT2D eigenvalue weighted by Gasteiger charge is -2.39. The number of nitrogens with zero attached hydrogens (tertiary/aromatic N) is 4. The number of aryl methyl sites for hydroxylation is 1. The summed E-state index contributed by atoms with van der Waals surface area (Å²) in [6, 6.07) is 15.6. The van der Waals surface area contributed by atoms with Gasteiger partial charge in [0.05, 0.1) is 18.5 Å². The van der Waals surface area contributed by atoms with Crippen LogP contribution in [-0.2, 0) is 16.6 Å². The quantitative estimate of drug-likeness (QED) is 0.303. The van der Waals surface area contributed by atoms with Crippen molar-refractivity contribution in [1.82, 2.24) is 19.9 Å². The Morgan fingerprint density at radius 1 is 1.07 bits per heavy atom. The predicted octanol–water partition coefficient (Wildman–Crippen LogP) is 5.30. The van der Waals surface area contributed by atoms with Crippen LogP contribution in [0.3, 0.4) is 0 Å². The third kappa shape index (κ3) is 5.27. The van der Waals surface area contributed by atoms with Crippen LogP contribution in [0.1, 0.15) is 48.1 Å². The van der Waals surface area contributed by atoms with E-state index in [2.05, 4.69) is 40.9 Å². The zero-order valence-electron chi connectivity index (χ0n) is 23.5. The SMILES string of the molecule is COc1cccc(-c2nc(C3(C)CCN(c4ncnc5c4C=C(c4ccc(OCC(=O)O)cc4)C5)CC3)[nH]c2C)c1.